The molecule has 7 nitrogen and oxygen atoms in total. The highest BCUT2D eigenvalue weighted by Crippen LogP contribution is 2.42. The molecule has 1 aromatic carbocycles. The van der Waals surface area contributed by atoms with Gasteiger partial charge in [0.1, 0.15) is 11.5 Å². The minimum Gasteiger partial charge on any atom is -0.496 e. The first kappa shape index (κ1) is 23.0. The highest BCUT2D eigenvalue weighted by atomic mass is 16.5. The number of benzene rings is 1. The lowest BCUT2D eigenvalue weighted by atomic mass is 10.0. The van der Waals surface area contributed by atoms with Gasteiger partial charge in [-0.3, -0.25) is 0 Å². The summed E-state index contributed by atoms with van der Waals surface area (Å²) >= 11 is 0. The molecule has 1 saturated heterocycles. The Kier molecular flexibility index (Phi) is 6.66. The van der Waals surface area contributed by atoms with Crippen molar-refractivity contribution in [2.24, 2.45) is 11.8 Å². The Balaban J connectivity index is 1.62. The second kappa shape index (κ2) is 9.84. The van der Waals surface area contributed by atoms with Crippen molar-refractivity contribution in [2.45, 2.75) is 32.8 Å². The smallest absolute Gasteiger partial charge is 0.132 e. The van der Waals surface area contributed by atoms with Crippen molar-refractivity contribution in [1.82, 2.24) is 9.61 Å². The summed E-state index contributed by atoms with van der Waals surface area (Å²) in [7, 11) is 5.07. The van der Waals surface area contributed by atoms with Crippen molar-refractivity contribution >= 4 is 11.2 Å². The van der Waals surface area contributed by atoms with E-state index >= 15 is 0 Å². The molecule has 2 aromatic heterocycles. The minimum atomic E-state index is 0.489. The average Bonchev–Trinajstić information content (AvgIpc) is 3.37. The molecule has 1 unspecified atom stereocenters. The molecule has 0 spiro atoms. The lowest BCUT2D eigenvalue weighted by Crippen LogP contribution is -2.32. The third-order valence-corrected chi connectivity index (χ3v) is 6.93. The summed E-state index contributed by atoms with van der Waals surface area (Å²) in [4.78, 5) is 2.56. The highest BCUT2D eigenvalue weighted by Gasteiger charge is 2.30. The van der Waals surface area contributed by atoms with Crippen LogP contribution in [0.1, 0.15) is 30.5 Å². The van der Waals surface area contributed by atoms with Gasteiger partial charge in [0.2, 0.25) is 0 Å². The summed E-state index contributed by atoms with van der Waals surface area (Å²) in [5.74, 6) is 2.84. The molecule has 0 N–H and O–H groups in total. The predicted octanol–water partition coefficient (Wildman–Crippen LogP) is 4.73. The zero-order valence-corrected chi connectivity index (χ0v) is 20.7. The van der Waals surface area contributed by atoms with E-state index in [4.69, 9.17) is 24.0 Å². The molecule has 5 rings (SSSR count). The van der Waals surface area contributed by atoms with Crippen LogP contribution in [0.15, 0.2) is 30.3 Å². The third kappa shape index (κ3) is 4.46. The minimum absolute atomic E-state index is 0.489. The van der Waals surface area contributed by atoms with E-state index in [1.165, 1.54) is 18.5 Å². The Hall–Kier alpha value is -2.77. The molecule has 1 aliphatic carbocycles. The van der Waals surface area contributed by atoms with Gasteiger partial charge >= 0.3 is 0 Å². The Morgan fingerprint density at radius 1 is 1.03 bits per heavy atom. The molecule has 34 heavy (non-hydrogen) atoms. The van der Waals surface area contributed by atoms with Gasteiger partial charge in [-0.2, -0.15) is 5.10 Å². The summed E-state index contributed by atoms with van der Waals surface area (Å²) in [6.45, 7) is 6.43. The van der Waals surface area contributed by atoms with Gasteiger partial charge in [-0.15, -0.1) is 0 Å². The maximum atomic E-state index is 5.81. The van der Waals surface area contributed by atoms with Gasteiger partial charge in [0, 0.05) is 32.7 Å². The molecule has 2 fully saturated rings. The Bertz CT molecular complexity index is 1120. The number of methoxy groups -OCH3 is 3. The van der Waals surface area contributed by atoms with Gasteiger partial charge in [-0.1, -0.05) is 6.07 Å². The number of nitrogens with zero attached hydrogens (tertiary/aromatic N) is 3. The first-order chi connectivity index (χ1) is 16.6. The highest BCUT2D eigenvalue weighted by molar-refractivity contribution is 5.82. The van der Waals surface area contributed by atoms with E-state index in [1.807, 2.05) is 16.6 Å². The molecule has 2 aliphatic rings. The fourth-order valence-corrected chi connectivity index (χ4v) is 5.13. The second-order valence-electron chi connectivity index (χ2n) is 9.53. The molecule has 182 valence electrons. The fraction of sp³-hybridized carbons (Fsp3) is 0.519. The fourth-order valence-electron chi connectivity index (χ4n) is 5.13. The summed E-state index contributed by atoms with van der Waals surface area (Å²) in [6, 6.07) is 10.4. The summed E-state index contributed by atoms with van der Waals surface area (Å²) in [6.07, 6.45) is 3.78. The van der Waals surface area contributed by atoms with Gasteiger partial charge < -0.3 is 23.8 Å². The van der Waals surface area contributed by atoms with Gasteiger partial charge in [-0.25, -0.2) is 4.52 Å². The SMILES string of the molecule is COCc1cc(OC)c(-c2cccc3c(N(CC4CC4)CC4CCOC4)c(C)nn23)c(OC)c1. The quantitative estimate of drug-likeness (QED) is 0.432. The average molecular weight is 466 g/mol. The summed E-state index contributed by atoms with van der Waals surface area (Å²) in [5.41, 5.74) is 6.22. The number of hydrogen-bond acceptors (Lipinski definition) is 6. The van der Waals surface area contributed by atoms with Crippen molar-refractivity contribution in [3.8, 4) is 22.8 Å². The molecular weight excluding hydrogens is 430 g/mol. The van der Waals surface area contributed by atoms with Crippen LogP contribution >= 0.6 is 0 Å². The number of anilines is 1. The number of hydrogen-bond donors (Lipinski definition) is 0. The molecule has 0 radical (unpaired) electrons. The zero-order chi connectivity index (χ0) is 23.7. The van der Waals surface area contributed by atoms with E-state index in [0.29, 0.717) is 12.5 Å². The summed E-state index contributed by atoms with van der Waals surface area (Å²) < 4.78 is 24.7. The lowest BCUT2D eigenvalue weighted by molar-refractivity contribution is 0.184. The van der Waals surface area contributed by atoms with E-state index in [1.54, 1.807) is 21.3 Å². The Morgan fingerprint density at radius 2 is 1.76 bits per heavy atom. The first-order valence-electron chi connectivity index (χ1n) is 12.2. The topological polar surface area (TPSA) is 57.5 Å². The molecule has 0 bridgehead atoms. The van der Waals surface area contributed by atoms with Gasteiger partial charge in [0.05, 0.1) is 55.6 Å². The molecule has 3 heterocycles. The number of pyridine rings is 1. The van der Waals surface area contributed by atoms with Crippen LogP contribution in [0.4, 0.5) is 5.69 Å². The standard InChI is InChI=1S/C27H35N3O4/c1-18-27(29(14-19-8-9-19)15-20-10-11-34-17-20)23-7-5-6-22(30(23)28-18)26-24(32-3)12-21(16-31-2)13-25(26)33-4/h5-7,12-13,19-20H,8-11,14-17H2,1-4H3. The molecule has 1 atom stereocenters. The van der Waals surface area contributed by atoms with Gasteiger partial charge in [0.15, 0.2) is 0 Å². The van der Waals surface area contributed by atoms with Crippen molar-refractivity contribution in [3.05, 3.63) is 41.6 Å². The number of aromatic nitrogens is 2. The van der Waals surface area contributed by atoms with Crippen molar-refractivity contribution < 1.29 is 18.9 Å². The normalized spacial score (nSPS) is 17.9. The van der Waals surface area contributed by atoms with Crippen LogP contribution in [-0.2, 0) is 16.1 Å². The maximum Gasteiger partial charge on any atom is 0.132 e. The van der Waals surface area contributed by atoms with E-state index in [-0.39, 0.29) is 0 Å². The predicted molar refractivity (Wildman–Crippen MR) is 133 cm³/mol. The zero-order valence-electron chi connectivity index (χ0n) is 20.7. The van der Waals surface area contributed by atoms with Gasteiger partial charge in [-0.05, 0) is 61.9 Å². The van der Waals surface area contributed by atoms with Crippen molar-refractivity contribution in [3.63, 3.8) is 0 Å². The first-order valence-corrected chi connectivity index (χ1v) is 12.2. The number of ether oxygens (including phenoxy) is 4. The Labute approximate surface area is 201 Å². The molecule has 7 heteroatoms. The number of fused-ring (bicyclic) bond motifs is 1. The van der Waals surface area contributed by atoms with Crippen LogP contribution in [-0.4, -0.2) is 57.2 Å². The van der Waals surface area contributed by atoms with E-state index in [9.17, 15) is 0 Å². The van der Waals surface area contributed by atoms with Crippen molar-refractivity contribution in [1.29, 1.82) is 0 Å². The monoisotopic (exact) mass is 465 g/mol. The molecule has 1 aliphatic heterocycles. The largest absolute Gasteiger partial charge is 0.496 e. The second-order valence-corrected chi connectivity index (χ2v) is 9.53. The van der Waals surface area contributed by atoms with Crippen LogP contribution in [0, 0.1) is 18.8 Å². The van der Waals surface area contributed by atoms with Crippen LogP contribution < -0.4 is 14.4 Å². The molecule has 0 amide bonds. The third-order valence-electron chi connectivity index (χ3n) is 6.93. The molecule has 3 aromatic rings. The lowest BCUT2D eigenvalue weighted by Gasteiger charge is -2.27. The Morgan fingerprint density at radius 3 is 2.38 bits per heavy atom. The van der Waals surface area contributed by atoms with Crippen LogP contribution in [0.5, 0.6) is 11.5 Å². The van der Waals surface area contributed by atoms with Gasteiger partial charge in [0.25, 0.3) is 0 Å². The van der Waals surface area contributed by atoms with E-state index in [0.717, 1.165) is 78.2 Å². The van der Waals surface area contributed by atoms with Crippen molar-refractivity contribution in [2.75, 3.05) is 52.5 Å². The van der Waals surface area contributed by atoms with E-state index in [2.05, 4.69) is 30.0 Å². The maximum absolute atomic E-state index is 5.81. The molecule has 1 saturated carbocycles. The van der Waals surface area contributed by atoms with Crippen LogP contribution in [0.25, 0.3) is 16.8 Å². The van der Waals surface area contributed by atoms with Crippen LogP contribution in [0.3, 0.4) is 0 Å². The van der Waals surface area contributed by atoms with Crippen LogP contribution in [0.2, 0.25) is 0 Å². The summed E-state index contributed by atoms with van der Waals surface area (Å²) in [5, 5.41) is 5.03. The molecular formula is C27H35N3O4. The van der Waals surface area contributed by atoms with E-state index < -0.39 is 0 Å². The number of rotatable bonds is 10. The number of aryl methyl sites for hydroxylation is 1.